The van der Waals surface area contributed by atoms with Crippen molar-refractivity contribution in [3.8, 4) is 0 Å². The van der Waals surface area contributed by atoms with E-state index in [1.165, 1.54) is 30.0 Å². The molecule has 0 radical (unpaired) electrons. The van der Waals surface area contributed by atoms with Gasteiger partial charge in [0.15, 0.2) is 0 Å². The molecule has 3 N–H and O–H groups in total. The molecular weight excluding hydrogens is 381 g/mol. The van der Waals surface area contributed by atoms with Crippen LogP contribution in [0, 0.1) is 0 Å². The number of rotatable bonds is 5. The van der Waals surface area contributed by atoms with Crippen molar-refractivity contribution in [2.75, 3.05) is 18.1 Å². The van der Waals surface area contributed by atoms with Gasteiger partial charge < -0.3 is 15.7 Å². The third-order valence-corrected chi connectivity index (χ3v) is 4.48. The number of amides is 2. The van der Waals surface area contributed by atoms with Crippen LogP contribution in [0.3, 0.4) is 0 Å². The van der Waals surface area contributed by atoms with Crippen LogP contribution in [0.2, 0.25) is 0 Å². The lowest BCUT2D eigenvalue weighted by molar-refractivity contribution is -0.264. The number of alkyl halides is 3. The highest BCUT2D eigenvalue weighted by atomic mass is 32.2. The minimum Gasteiger partial charge on any atom is -0.375 e. The summed E-state index contributed by atoms with van der Waals surface area (Å²) in [6.45, 7) is -1.20. The Morgan fingerprint density at radius 3 is 2.30 bits per heavy atom. The fourth-order valence-corrected chi connectivity index (χ4v) is 2.72. The fourth-order valence-electron chi connectivity index (χ4n) is 2.26. The van der Waals surface area contributed by atoms with Crippen LogP contribution in [-0.4, -0.2) is 35.9 Å². The highest BCUT2D eigenvalue weighted by Crippen LogP contribution is 2.38. The minimum atomic E-state index is -5.05. The summed E-state index contributed by atoms with van der Waals surface area (Å²) in [5.41, 5.74) is -3.43. The first-order valence-corrected chi connectivity index (χ1v) is 8.98. The van der Waals surface area contributed by atoms with E-state index in [0.29, 0.717) is 5.69 Å². The van der Waals surface area contributed by atoms with Gasteiger partial charge in [-0.1, -0.05) is 36.4 Å². The molecule has 1 atom stereocenters. The van der Waals surface area contributed by atoms with E-state index in [1.807, 2.05) is 11.6 Å². The predicted molar refractivity (Wildman–Crippen MR) is 96.3 cm³/mol. The smallest absolute Gasteiger partial charge is 0.375 e. The molecule has 1 unspecified atom stereocenters. The number of thioether (sulfide) groups is 1. The summed E-state index contributed by atoms with van der Waals surface area (Å²) < 4.78 is 40.1. The maximum absolute atomic E-state index is 13.4. The molecule has 27 heavy (non-hydrogen) atoms. The Bertz CT molecular complexity index is 815. The van der Waals surface area contributed by atoms with Gasteiger partial charge in [-0.3, -0.25) is 9.59 Å². The summed E-state index contributed by atoms with van der Waals surface area (Å²) in [6, 6.07) is 13.0. The van der Waals surface area contributed by atoms with Crippen molar-refractivity contribution in [2.45, 2.75) is 16.7 Å². The molecule has 9 heteroatoms. The lowest BCUT2D eigenvalue weighted by Crippen LogP contribution is -2.52. The van der Waals surface area contributed by atoms with Crippen molar-refractivity contribution in [3.63, 3.8) is 0 Å². The third kappa shape index (κ3) is 5.01. The van der Waals surface area contributed by atoms with E-state index in [0.717, 1.165) is 17.0 Å². The molecule has 144 valence electrons. The number of benzene rings is 2. The molecule has 0 aliphatic carbocycles. The average Bonchev–Trinajstić information content (AvgIpc) is 2.65. The molecule has 0 aliphatic rings. The molecule has 0 saturated carbocycles. The Morgan fingerprint density at radius 2 is 1.70 bits per heavy atom. The molecule has 2 amide bonds. The van der Waals surface area contributed by atoms with Gasteiger partial charge in [0, 0.05) is 10.6 Å². The summed E-state index contributed by atoms with van der Waals surface area (Å²) in [7, 11) is 0. The molecule has 0 bridgehead atoms. The number of hydrogen-bond donors (Lipinski definition) is 3. The minimum absolute atomic E-state index is 0.330. The zero-order valence-corrected chi connectivity index (χ0v) is 15.0. The van der Waals surface area contributed by atoms with E-state index in [4.69, 9.17) is 0 Å². The Labute approximate surface area is 158 Å². The van der Waals surface area contributed by atoms with Crippen LogP contribution >= 0.6 is 11.8 Å². The van der Waals surface area contributed by atoms with E-state index in [1.54, 1.807) is 24.3 Å². The molecule has 2 aromatic rings. The van der Waals surface area contributed by atoms with E-state index < -0.39 is 35.7 Å². The fraction of sp³-hybridized carbons (Fsp3) is 0.222. The number of hydrogen-bond acceptors (Lipinski definition) is 4. The summed E-state index contributed by atoms with van der Waals surface area (Å²) in [4.78, 5) is 24.7. The number of nitrogens with one attached hydrogen (secondary N) is 2. The molecule has 0 spiro atoms. The SMILES string of the molecule is CSc1cccc(NC(=O)C(=O)NCC(O)(c2ccccc2)C(F)(F)F)c1. The van der Waals surface area contributed by atoms with Crippen LogP contribution in [0.1, 0.15) is 5.56 Å². The van der Waals surface area contributed by atoms with Crippen molar-refractivity contribution >= 4 is 29.3 Å². The summed E-state index contributed by atoms with van der Waals surface area (Å²) in [5.74, 6) is -2.42. The first-order valence-electron chi connectivity index (χ1n) is 7.75. The summed E-state index contributed by atoms with van der Waals surface area (Å²) >= 11 is 1.42. The lowest BCUT2D eigenvalue weighted by Gasteiger charge is -2.31. The monoisotopic (exact) mass is 398 g/mol. The van der Waals surface area contributed by atoms with Gasteiger partial charge in [0.1, 0.15) is 0 Å². The zero-order valence-electron chi connectivity index (χ0n) is 14.2. The molecule has 2 aromatic carbocycles. The van der Waals surface area contributed by atoms with Crippen molar-refractivity contribution in [3.05, 3.63) is 60.2 Å². The number of aliphatic hydroxyl groups is 1. The van der Waals surface area contributed by atoms with Crippen molar-refractivity contribution in [1.29, 1.82) is 0 Å². The Kier molecular flexibility index (Phi) is 6.50. The topological polar surface area (TPSA) is 78.4 Å². The molecular formula is C18H17F3N2O3S. The van der Waals surface area contributed by atoms with Crippen LogP contribution in [0.5, 0.6) is 0 Å². The van der Waals surface area contributed by atoms with Gasteiger partial charge in [-0.05, 0) is 30.0 Å². The highest BCUT2D eigenvalue weighted by molar-refractivity contribution is 7.98. The number of carbonyl (C=O) groups excluding carboxylic acids is 2. The molecule has 0 aromatic heterocycles. The Hall–Kier alpha value is -2.52. The van der Waals surface area contributed by atoms with Gasteiger partial charge in [-0.2, -0.15) is 13.2 Å². The first-order chi connectivity index (χ1) is 12.7. The number of halogens is 3. The Morgan fingerprint density at radius 1 is 1.04 bits per heavy atom. The second-order valence-electron chi connectivity index (χ2n) is 5.59. The van der Waals surface area contributed by atoms with Crippen molar-refractivity contribution < 1.29 is 27.9 Å². The standard InChI is InChI=1S/C18H17F3N2O3S/c1-27-14-9-5-8-13(10-14)23-16(25)15(24)22-11-17(26,18(19,20)21)12-6-3-2-4-7-12/h2-10,26H,11H2,1H3,(H,22,24)(H,23,25). The maximum atomic E-state index is 13.4. The predicted octanol–water partition coefficient (Wildman–Crippen LogP) is 2.91. The molecule has 5 nitrogen and oxygen atoms in total. The van der Waals surface area contributed by atoms with Gasteiger partial charge in [-0.15, -0.1) is 11.8 Å². The molecule has 0 heterocycles. The second kappa shape index (κ2) is 8.45. The van der Waals surface area contributed by atoms with E-state index in [9.17, 15) is 27.9 Å². The Balaban J connectivity index is 2.08. The molecule has 0 saturated heterocycles. The van der Waals surface area contributed by atoms with Crippen molar-refractivity contribution in [2.24, 2.45) is 0 Å². The average molecular weight is 398 g/mol. The summed E-state index contributed by atoms with van der Waals surface area (Å²) in [5, 5.41) is 14.3. The maximum Gasteiger partial charge on any atom is 0.423 e. The second-order valence-corrected chi connectivity index (χ2v) is 6.47. The normalized spacial score (nSPS) is 13.5. The van der Waals surface area contributed by atoms with Crippen molar-refractivity contribution in [1.82, 2.24) is 5.32 Å². The van der Waals surface area contributed by atoms with Crippen LogP contribution in [0.25, 0.3) is 0 Å². The van der Waals surface area contributed by atoms with Gasteiger partial charge in [-0.25, -0.2) is 0 Å². The van der Waals surface area contributed by atoms with Gasteiger partial charge in [0.05, 0.1) is 6.54 Å². The first kappa shape index (κ1) is 20.8. The third-order valence-electron chi connectivity index (χ3n) is 3.76. The van der Waals surface area contributed by atoms with Gasteiger partial charge >= 0.3 is 18.0 Å². The zero-order chi connectivity index (χ0) is 20.1. The quantitative estimate of drug-likeness (QED) is 0.535. The van der Waals surface area contributed by atoms with E-state index in [2.05, 4.69) is 5.32 Å². The number of carbonyl (C=O) groups is 2. The molecule has 2 rings (SSSR count). The van der Waals surface area contributed by atoms with E-state index >= 15 is 0 Å². The summed E-state index contributed by atoms with van der Waals surface area (Å²) in [6.07, 6.45) is -3.22. The van der Waals surface area contributed by atoms with E-state index in [-0.39, 0.29) is 0 Å². The van der Waals surface area contributed by atoms with Gasteiger partial charge in [0.25, 0.3) is 0 Å². The molecule has 0 aliphatic heterocycles. The largest absolute Gasteiger partial charge is 0.423 e. The lowest BCUT2D eigenvalue weighted by atomic mass is 9.93. The molecule has 0 fully saturated rings. The van der Waals surface area contributed by atoms with Crippen LogP contribution in [0.15, 0.2) is 59.5 Å². The van der Waals surface area contributed by atoms with Gasteiger partial charge in [0.2, 0.25) is 5.60 Å². The number of anilines is 1. The van der Waals surface area contributed by atoms with Crippen LogP contribution in [0.4, 0.5) is 18.9 Å². The van der Waals surface area contributed by atoms with Crippen LogP contribution < -0.4 is 10.6 Å². The highest BCUT2D eigenvalue weighted by Gasteiger charge is 2.55. The van der Waals surface area contributed by atoms with Crippen LogP contribution in [-0.2, 0) is 15.2 Å².